The summed E-state index contributed by atoms with van der Waals surface area (Å²) in [5.74, 6) is -0.209. The van der Waals surface area contributed by atoms with Crippen molar-refractivity contribution in [3.63, 3.8) is 0 Å². The number of rotatable bonds is 6. The Labute approximate surface area is 217 Å². The number of nitrogens with zero attached hydrogens (tertiary/aromatic N) is 2. The molecule has 8 heteroatoms. The van der Waals surface area contributed by atoms with E-state index in [0.717, 1.165) is 38.9 Å². The molecule has 0 unspecified atom stereocenters. The van der Waals surface area contributed by atoms with Crippen LogP contribution in [0.3, 0.4) is 0 Å². The first-order valence-corrected chi connectivity index (χ1v) is 11.9. The molecule has 0 aliphatic carbocycles. The van der Waals surface area contributed by atoms with Crippen molar-refractivity contribution in [3.8, 4) is 11.3 Å². The molecule has 4 aromatic carbocycles. The second kappa shape index (κ2) is 9.51. The van der Waals surface area contributed by atoms with Gasteiger partial charge in [-0.3, -0.25) is 9.59 Å². The smallest absolute Gasteiger partial charge is 0.255 e. The monoisotopic (exact) mass is 499 g/mol. The first-order chi connectivity index (χ1) is 18.5. The standard InChI is InChI=1S/C30H21N5O3/c31-29(36)18-8-10-19(11-9-18)30(37)35-21-14-12-20(13-15-21)34-27-16-25(32-17-33-27)24-6-3-5-23-22-4-1-2-7-26(22)38-28(23)24/h1-17H,(H2,31,36)(H,35,37)(H,32,33,34). The minimum atomic E-state index is -0.539. The van der Waals surface area contributed by atoms with Gasteiger partial charge in [-0.05, 0) is 60.7 Å². The largest absolute Gasteiger partial charge is 0.455 e. The van der Waals surface area contributed by atoms with Crippen LogP contribution in [-0.2, 0) is 0 Å². The average Bonchev–Trinajstić information content (AvgIpc) is 3.33. The van der Waals surface area contributed by atoms with Crippen LogP contribution in [0.2, 0.25) is 0 Å². The molecule has 4 N–H and O–H groups in total. The van der Waals surface area contributed by atoms with Gasteiger partial charge in [0.1, 0.15) is 23.3 Å². The molecule has 2 aromatic heterocycles. The maximum Gasteiger partial charge on any atom is 0.255 e. The van der Waals surface area contributed by atoms with Crippen molar-refractivity contribution in [1.29, 1.82) is 0 Å². The van der Waals surface area contributed by atoms with Crippen LogP contribution in [0.25, 0.3) is 33.2 Å². The summed E-state index contributed by atoms with van der Waals surface area (Å²) in [5.41, 5.74) is 10.7. The quantitative estimate of drug-likeness (QED) is 0.253. The zero-order chi connectivity index (χ0) is 26.1. The summed E-state index contributed by atoms with van der Waals surface area (Å²) in [4.78, 5) is 32.6. The lowest BCUT2D eigenvalue weighted by atomic mass is 10.1. The van der Waals surface area contributed by atoms with Gasteiger partial charge in [0.2, 0.25) is 5.91 Å². The highest BCUT2D eigenvalue weighted by Gasteiger charge is 2.13. The summed E-state index contributed by atoms with van der Waals surface area (Å²) in [6, 6.07) is 29.3. The fourth-order valence-electron chi connectivity index (χ4n) is 4.30. The number of primary amides is 1. The molecule has 2 heterocycles. The van der Waals surface area contributed by atoms with Gasteiger partial charge in [-0.15, -0.1) is 0 Å². The molecule has 0 saturated carbocycles. The highest BCUT2D eigenvalue weighted by Crippen LogP contribution is 2.35. The van der Waals surface area contributed by atoms with Crippen molar-refractivity contribution >= 4 is 50.9 Å². The lowest BCUT2D eigenvalue weighted by Gasteiger charge is -2.09. The third-order valence-corrected chi connectivity index (χ3v) is 6.19. The van der Waals surface area contributed by atoms with Crippen molar-refractivity contribution in [2.75, 3.05) is 10.6 Å². The summed E-state index contributed by atoms with van der Waals surface area (Å²) < 4.78 is 6.15. The number of amides is 2. The van der Waals surface area contributed by atoms with Crippen LogP contribution in [0.5, 0.6) is 0 Å². The lowest BCUT2D eigenvalue weighted by molar-refractivity contribution is 0.0995. The van der Waals surface area contributed by atoms with E-state index >= 15 is 0 Å². The van der Waals surface area contributed by atoms with Crippen molar-refractivity contribution in [1.82, 2.24) is 9.97 Å². The Morgan fingerprint density at radius 1 is 0.737 bits per heavy atom. The number of hydrogen-bond donors (Lipinski definition) is 3. The van der Waals surface area contributed by atoms with Gasteiger partial charge in [-0.1, -0.05) is 30.3 Å². The number of anilines is 3. The van der Waals surface area contributed by atoms with Crippen LogP contribution in [0, 0.1) is 0 Å². The van der Waals surface area contributed by atoms with E-state index in [1.807, 2.05) is 60.7 Å². The zero-order valence-corrected chi connectivity index (χ0v) is 20.0. The normalized spacial score (nSPS) is 10.9. The van der Waals surface area contributed by atoms with E-state index in [2.05, 4.69) is 20.6 Å². The van der Waals surface area contributed by atoms with Crippen molar-refractivity contribution < 1.29 is 14.0 Å². The predicted molar refractivity (Wildman–Crippen MR) is 147 cm³/mol. The van der Waals surface area contributed by atoms with Gasteiger partial charge < -0.3 is 20.8 Å². The Morgan fingerprint density at radius 2 is 1.45 bits per heavy atom. The topological polar surface area (TPSA) is 123 Å². The second-order valence-electron chi connectivity index (χ2n) is 8.67. The molecule has 0 aliphatic heterocycles. The Hall–Kier alpha value is -5.50. The van der Waals surface area contributed by atoms with Crippen LogP contribution in [0.15, 0.2) is 108 Å². The number of para-hydroxylation sites is 2. The number of aromatic nitrogens is 2. The number of fused-ring (bicyclic) bond motifs is 3. The van der Waals surface area contributed by atoms with Crippen LogP contribution >= 0.6 is 0 Å². The number of nitrogens with two attached hydrogens (primary N) is 1. The third kappa shape index (κ3) is 4.42. The van der Waals surface area contributed by atoms with E-state index in [-0.39, 0.29) is 5.91 Å². The van der Waals surface area contributed by atoms with E-state index in [1.54, 1.807) is 24.3 Å². The zero-order valence-electron chi connectivity index (χ0n) is 20.0. The summed E-state index contributed by atoms with van der Waals surface area (Å²) in [7, 11) is 0. The van der Waals surface area contributed by atoms with Crippen molar-refractivity contribution in [2.24, 2.45) is 5.73 Å². The minimum Gasteiger partial charge on any atom is -0.455 e. The minimum absolute atomic E-state index is 0.290. The van der Waals surface area contributed by atoms with E-state index < -0.39 is 5.91 Å². The van der Waals surface area contributed by atoms with Crippen LogP contribution in [0.1, 0.15) is 20.7 Å². The SMILES string of the molecule is NC(=O)c1ccc(C(=O)Nc2ccc(Nc3cc(-c4cccc5c4oc4ccccc45)ncn3)cc2)cc1. The molecule has 0 fully saturated rings. The number of carbonyl (C=O) groups is 2. The lowest BCUT2D eigenvalue weighted by Crippen LogP contribution is -2.14. The maximum absolute atomic E-state index is 12.5. The van der Waals surface area contributed by atoms with Gasteiger partial charge >= 0.3 is 0 Å². The molecule has 6 rings (SSSR count). The molecule has 0 spiro atoms. The van der Waals surface area contributed by atoms with E-state index in [0.29, 0.717) is 22.6 Å². The molecule has 8 nitrogen and oxygen atoms in total. The molecule has 2 amide bonds. The number of benzene rings is 4. The van der Waals surface area contributed by atoms with Gasteiger partial charge in [0.05, 0.1) is 5.69 Å². The average molecular weight is 500 g/mol. The van der Waals surface area contributed by atoms with E-state index in [1.165, 1.54) is 18.5 Å². The summed E-state index contributed by atoms with van der Waals surface area (Å²) in [6.07, 6.45) is 1.51. The van der Waals surface area contributed by atoms with Crippen LogP contribution in [-0.4, -0.2) is 21.8 Å². The number of carbonyl (C=O) groups excluding carboxylic acids is 2. The van der Waals surface area contributed by atoms with E-state index in [4.69, 9.17) is 10.2 Å². The van der Waals surface area contributed by atoms with Gasteiger partial charge in [0, 0.05) is 44.9 Å². The molecule has 38 heavy (non-hydrogen) atoms. The third-order valence-electron chi connectivity index (χ3n) is 6.19. The summed E-state index contributed by atoms with van der Waals surface area (Å²) in [5, 5.41) is 8.21. The Morgan fingerprint density at radius 3 is 2.24 bits per heavy atom. The molecule has 0 bridgehead atoms. The van der Waals surface area contributed by atoms with Crippen molar-refractivity contribution in [3.05, 3.63) is 115 Å². The van der Waals surface area contributed by atoms with Crippen LogP contribution < -0.4 is 16.4 Å². The van der Waals surface area contributed by atoms with Crippen LogP contribution in [0.4, 0.5) is 17.2 Å². The first-order valence-electron chi connectivity index (χ1n) is 11.9. The highest BCUT2D eigenvalue weighted by atomic mass is 16.3. The predicted octanol–water partition coefficient (Wildman–Crippen LogP) is 6.14. The molecule has 184 valence electrons. The van der Waals surface area contributed by atoms with Gasteiger partial charge in [-0.2, -0.15) is 0 Å². The molecule has 0 aliphatic rings. The fraction of sp³-hybridized carbons (Fsp3) is 0. The van der Waals surface area contributed by atoms with Crippen molar-refractivity contribution in [2.45, 2.75) is 0 Å². The molecule has 0 saturated heterocycles. The number of hydrogen-bond acceptors (Lipinski definition) is 6. The Bertz CT molecular complexity index is 1810. The van der Waals surface area contributed by atoms with Gasteiger partial charge in [0.15, 0.2) is 0 Å². The van der Waals surface area contributed by atoms with Gasteiger partial charge in [-0.25, -0.2) is 9.97 Å². The maximum atomic E-state index is 12.5. The first kappa shape index (κ1) is 22.9. The molecular formula is C30H21N5O3. The summed E-state index contributed by atoms with van der Waals surface area (Å²) >= 11 is 0. The summed E-state index contributed by atoms with van der Waals surface area (Å²) in [6.45, 7) is 0. The van der Waals surface area contributed by atoms with E-state index in [9.17, 15) is 9.59 Å². The Balaban J connectivity index is 1.19. The number of nitrogens with one attached hydrogen (secondary N) is 2. The molecular weight excluding hydrogens is 478 g/mol. The number of furan rings is 1. The van der Waals surface area contributed by atoms with Gasteiger partial charge in [0.25, 0.3) is 5.91 Å². The highest BCUT2D eigenvalue weighted by molar-refractivity contribution is 6.09. The molecule has 0 atom stereocenters. The Kier molecular flexibility index (Phi) is 5.74. The molecule has 0 radical (unpaired) electrons. The fourth-order valence-corrected chi connectivity index (χ4v) is 4.30. The second-order valence-corrected chi connectivity index (χ2v) is 8.67. The molecule has 6 aromatic rings.